The summed E-state index contributed by atoms with van der Waals surface area (Å²) in [6.07, 6.45) is 7.48. The molecule has 1 aromatic carbocycles. The van der Waals surface area contributed by atoms with Gasteiger partial charge >= 0.3 is 6.18 Å². The third kappa shape index (κ3) is 6.09. The van der Waals surface area contributed by atoms with Gasteiger partial charge in [-0.2, -0.15) is 13.2 Å². The fourth-order valence-corrected chi connectivity index (χ4v) is 5.52. The molecule has 0 bridgehead atoms. The van der Waals surface area contributed by atoms with Crippen LogP contribution in [0.15, 0.2) is 94.7 Å². The number of alkyl halides is 3. The molecule has 214 valence electrons. The van der Waals surface area contributed by atoms with Crippen LogP contribution in [-0.4, -0.2) is 35.5 Å². The van der Waals surface area contributed by atoms with E-state index in [1.807, 2.05) is 18.2 Å². The lowest BCUT2D eigenvalue weighted by Gasteiger charge is -2.34. The van der Waals surface area contributed by atoms with E-state index in [2.05, 4.69) is 29.7 Å². The number of nitrogens with one attached hydrogen (secondary N) is 2. The normalized spacial score (nSPS) is 20.8. The van der Waals surface area contributed by atoms with E-state index in [0.29, 0.717) is 23.5 Å². The van der Waals surface area contributed by atoms with Crippen molar-refractivity contribution in [2.75, 3.05) is 6.54 Å². The van der Waals surface area contributed by atoms with Crippen molar-refractivity contribution in [2.24, 2.45) is 5.92 Å². The lowest BCUT2D eigenvalue weighted by molar-refractivity contribution is -0.127. The van der Waals surface area contributed by atoms with E-state index >= 15 is 0 Å². The molecule has 3 heterocycles. The number of carbonyl (C=O) groups is 2. The quantitative estimate of drug-likeness (QED) is 0.407. The minimum absolute atomic E-state index is 0.0422. The number of fused-ring (bicyclic) bond motifs is 2. The maximum atomic E-state index is 14.0. The standard InChI is InChI=1S/C32H32F3N3O3/c1-19-8-9-22(27-7-5-4-6-26(19)27)14-29(37-21(3)39)31(40)36-15-25-17-38-16-24(23-10-11-41-18-23)13-28(32(33,34)35)30(38)12-20(25)2/h4-7,9-13,16-20,29H,8,14-15H2,1-3H3,(H,36,40)(H,37,39). The molecule has 2 aliphatic heterocycles. The van der Waals surface area contributed by atoms with E-state index in [9.17, 15) is 22.8 Å². The molecular formula is C32H32F3N3O3. The number of rotatable bonds is 7. The average Bonchev–Trinajstić information content (AvgIpc) is 3.47. The molecule has 0 saturated heterocycles. The van der Waals surface area contributed by atoms with Gasteiger partial charge in [-0.05, 0) is 46.8 Å². The highest BCUT2D eigenvalue weighted by molar-refractivity contribution is 5.89. The lowest BCUT2D eigenvalue weighted by Crippen LogP contribution is -2.47. The maximum Gasteiger partial charge on any atom is 0.418 e. The highest BCUT2D eigenvalue weighted by atomic mass is 19.4. The molecular weight excluding hydrogens is 531 g/mol. The summed E-state index contributed by atoms with van der Waals surface area (Å²) < 4.78 is 47.1. The molecule has 0 spiro atoms. The van der Waals surface area contributed by atoms with Crippen molar-refractivity contribution in [3.63, 3.8) is 0 Å². The van der Waals surface area contributed by atoms with E-state index in [0.717, 1.165) is 29.2 Å². The van der Waals surface area contributed by atoms with Crippen LogP contribution in [0.1, 0.15) is 56.2 Å². The molecule has 5 rings (SSSR count). The molecule has 0 saturated carbocycles. The number of nitrogens with zero attached hydrogens (tertiary/aromatic N) is 1. The summed E-state index contributed by atoms with van der Waals surface area (Å²) in [5, 5.41) is 5.68. The van der Waals surface area contributed by atoms with Crippen LogP contribution >= 0.6 is 0 Å². The first-order valence-corrected chi connectivity index (χ1v) is 13.6. The van der Waals surface area contributed by atoms with Gasteiger partial charge in [0.15, 0.2) is 0 Å². The Labute approximate surface area is 237 Å². The Morgan fingerprint density at radius 2 is 1.93 bits per heavy atom. The Balaban J connectivity index is 1.34. The number of hydrogen-bond donors (Lipinski definition) is 2. The zero-order valence-electron chi connectivity index (χ0n) is 23.1. The van der Waals surface area contributed by atoms with Crippen molar-refractivity contribution in [2.45, 2.75) is 51.7 Å². The minimum atomic E-state index is -4.55. The zero-order chi connectivity index (χ0) is 29.3. The summed E-state index contributed by atoms with van der Waals surface area (Å²) in [7, 11) is 0. The van der Waals surface area contributed by atoms with Crippen molar-refractivity contribution in [3.8, 4) is 0 Å². The molecule has 2 aromatic rings. The van der Waals surface area contributed by atoms with Gasteiger partial charge in [-0.15, -0.1) is 0 Å². The summed E-state index contributed by atoms with van der Waals surface area (Å²) >= 11 is 0. The Morgan fingerprint density at radius 1 is 1.15 bits per heavy atom. The largest absolute Gasteiger partial charge is 0.472 e. The smallest absolute Gasteiger partial charge is 0.418 e. The highest BCUT2D eigenvalue weighted by Gasteiger charge is 2.40. The van der Waals surface area contributed by atoms with Gasteiger partial charge in [0.25, 0.3) is 0 Å². The minimum Gasteiger partial charge on any atom is -0.472 e. The number of carbonyl (C=O) groups excluding carboxylic acids is 2. The molecule has 3 aliphatic rings. The summed E-state index contributed by atoms with van der Waals surface area (Å²) in [5.74, 6) is -0.669. The van der Waals surface area contributed by atoms with Crippen molar-refractivity contribution >= 4 is 23.0 Å². The average molecular weight is 564 g/mol. The fraction of sp³-hybridized carbons (Fsp3) is 0.312. The summed E-state index contributed by atoms with van der Waals surface area (Å²) in [4.78, 5) is 26.8. The Hall–Kier alpha value is -4.27. The third-order valence-corrected chi connectivity index (χ3v) is 7.73. The van der Waals surface area contributed by atoms with Crippen LogP contribution in [0.25, 0.3) is 11.1 Å². The first-order valence-electron chi connectivity index (χ1n) is 13.6. The second-order valence-electron chi connectivity index (χ2n) is 10.7. The summed E-state index contributed by atoms with van der Waals surface area (Å²) in [6, 6.07) is 8.89. The van der Waals surface area contributed by atoms with E-state index in [4.69, 9.17) is 4.42 Å². The van der Waals surface area contributed by atoms with Crippen molar-refractivity contribution in [1.82, 2.24) is 15.5 Å². The number of benzene rings is 1. The number of furan rings is 1. The number of allylic oxidation sites excluding steroid dienone is 5. The Bertz CT molecular complexity index is 1500. The number of amides is 2. The SMILES string of the molecule is CC(=O)NC(CC1=CCC(C)c2ccccc21)C(=O)NCC1=CN2C=C(c3ccoc3)C=C(C(F)(F)F)C2=CC1C. The molecule has 41 heavy (non-hydrogen) atoms. The monoisotopic (exact) mass is 563 g/mol. The van der Waals surface area contributed by atoms with Crippen LogP contribution in [0.3, 0.4) is 0 Å². The molecule has 2 amide bonds. The van der Waals surface area contributed by atoms with E-state index in [-0.39, 0.29) is 30.0 Å². The number of halogens is 3. The van der Waals surface area contributed by atoms with Crippen LogP contribution in [0.5, 0.6) is 0 Å². The maximum absolute atomic E-state index is 14.0. The second kappa shape index (κ2) is 11.3. The van der Waals surface area contributed by atoms with Crippen LogP contribution < -0.4 is 10.6 Å². The fourth-order valence-electron chi connectivity index (χ4n) is 5.52. The molecule has 9 heteroatoms. The molecule has 1 aliphatic carbocycles. The van der Waals surface area contributed by atoms with Gasteiger partial charge in [-0.25, -0.2) is 0 Å². The zero-order valence-corrected chi connectivity index (χ0v) is 23.1. The first-order chi connectivity index (χ1) is 19.5. The number of hydrogen-bond acceptors (Lipinski definition) is 4. The van der Waals surface area contributed by atoms with E-state index in [1.165, 1.54) is 29.9 Å². The summed E-state index contributed by atoms with van der Waals surface area (Å²) in [6.45, 7) is 5.44. The molecule has 0 fully saturated rings. The van der Waals surface area contributed by atoms with Gasteiger partial charge in [-0.3, -0.25) is 9.59 Å². The van der Waals surface area contributed by atoms with E-state index in [1.54, 1.807) is 31.5 Å². The van der Waals surface area contributed by atoms with Gasteiger partial charge in [0.1, 0.15) is 6.04 Å². The van der Waals surface area contributed by atoms with Gasteiger partial charge in [0.2, 0.25) is 11.8 Å². The van der Waals surface area contributed by atoms with Gasteiger partial charge in [0, 0.05) is 49.3 Å². The molecule has 6 nitrogen and oxygen atoms in total. The van der Waals surface area contributed by atoms with Crippen LogP contribution in [-0.2, 0) is 9.59 Å². The molecule has 3 atom stereocenters. The third-order valence-electron chi connectivity index (χ3n) is 7.73. The Morgan fingerprint density at radius 3 is 2.63 bits per heavy atom. The second-order valence-corrected chi connectivity index (χ2v) is 10.7. The molecule has 3 unspecified atom stereocenters. The van der Waals surface area contributed by atoms with Crippen LogP contribution in [0.2, 0.25) is 0 Å². The van der Waals surface area contributed by atoms with Crippen LogP contribution in [0, 0.1) is 5.92 Å². The topological polar surface area (TPSA) is 74.6 Å². The molecule has 1 aromatic heterocycles. The molecule has 2 N–H and O–H groups in total. The van der Waals surface area contributed by atoms with Crippen LogP contribution in [0.4, 0.5) is 13.2 Å². The van der Waals surface area contributed by atoms with Crippen molar-refractivity contribution in [3.05, 3.63) is 107 Å². The lowest BCUT2D eigenvalue weighted by atomic mass is 9.82. The predicted octanol–water partition coefficient (Wildman–Crippen LogP) is 6.44. The highest BCUT2D eigenvalue weighted by Crippen LogP contribution is 2.42. The Kier molecular flexibility index (Phi) is 7.80. The molecule has 0 radical (unpaired) electrons. The van der Waals surface area contributed by atoms with E-state index < -0.39 is 17.8 Å². The van der Waals surface area contributed by atoms with Gasteiger partial charge in [0.05, 0.1) is 23.8 Å². The first kappa shape index (κ1) is 28.3. The van der Waals surface area contributed by atoms with Crippen molar-refractivity contribution < 1.29 is 27.2 Å². The summed E-state index contributed by atoms with van der Waals surface area (Å²) in [5.41, 5.74) is 4.20. The predicted molar refractivity (Wildman–Crippen MR) is 151 cm³/mol. The van der Waals surface area contributed by atoms with Crippen molar-refractivity contribution in [1.29, 1.82) is 0 Å². The van der Waals surface area contributed by atoms with Gasteiger partial charge < -0.3 is 20.0 Å². The van der Waals surface area contributed by atoms with Gasteiger partial charge in [-0.1, -0.05) is 50.3 Å².